The van der Waals surface area contributed by atoms with E-state index in [9.17, 15) is 4.79 Å². The Morgan fingerprint density at radius 2 is 1.48 bits per heavy atom. The first-order valence-electron chi connectivity index (χ1n) is 7.99. The number of carboxylic acids is 1. The van der Waals surface area contributed by atoms with Crippen LogP contribution in [0.1, 0.15) is 53.7 Å². The highest BCUT2D eigenvalue weighted by Crippen LogP contribution is 2.11. The first kappa shape index (κ1) is 16.8. The molecule has 0 fully saturated rings. The van der Waals surface area contributed by atoms with Crippen molar-refractivity contribution in [3.63, 3.8) is 0 Å². The third kappa shape index (κ3) is 5.64. The van der Waals surface area contributed by atoms with Crippen molar-refractivity contribution in [1.82, 2.24) is 0 Å². The third-order valence-corrected chi connectivity index (χ3v) is 3.68. The topological polar surface area (TPSA) is 37.3 Å². The molecule has 0 aliphatic rings. The maximum absolute atomic E-state index is 10.8. The van der Waals surface area contributed by atoms with Gasteiger partial charge in [0.05, 0.1) is 5.56 Å². The van der Waals surface area contributed by atoms with E-state index in [0.29, 0.717) is 0 Å². The maximum atomic E-state index is 10.8. The predicted molar refractivity (Wildman–Crippen MR) is 93.6 cm³/mol. The molecular formula is C21H22O2. The van der Waals surface area contributed by atoms with Gasteiger partial charge in [0, 0.05) is 11.1 Å². The van der Waals surface area contributed by atoms with Crippen LogP contribution in [0.3, 0.4) is 0 Å². The van der Waals surface area contributed by atoms with Crippen LogP contribution < -0.4 is 0 Å². The Balaban J connectivity index is 1.97. The van der Waals surface area contributed by atoms with Gasteiger partial charge >= 0.3 is 5.97 Å². The number of benzene rings is 2. The van der Waals surface area contributed by atoms with Gasteiger partial charge in [0.25, 0.3) is 0 Å². The first-order valence-corrected chi connectivity index (χ1v) is 7.99. The highest BCUT2D eigenvalue weighted by atomic mass is 16.4. The number of carboxylic acid groups (broad SMARTS) is 1. The van der Waals surface area contributed by atoms with Crippen LogP contribution in [0.4, 0.5) is 0 Å². The van der Waals surface area contributed by atoms with Crippen molar-refractivity contribution in [3.05, 3.63) is 70.8 Å². The van der Waals surface area contributed by atoms with Gasteiger partial charge in [-0.3, -0.25) is 0 Å². The predicted octanol–water partition coefficient (Wildman–Crippen LogP) is 4.76. The molecule has 2 aromatic rings. The molecule has 2 aromatic carbocycles. The third-order valence-electron chi connectivity index (χ3n) is 3.68. The molecule has 0 radical (unpaired) electrons. The summed E-state index contributed by atoms with van der Waals surface area (Å²) in [5.74, 6) is 6.01. The van der Waals surface area contributed by atoms with Crippen molar-refractivity contribution >= 4 is 5.97 Å². The van der Waals surface area contributed by atoms with Gasteiger partial charge in [0.2, 0.25) is 0 Å². The van der Waals surface area contributed by atoms with Crippen molar-refractivity contribution in [3.8, 4) is 11.8 Å². The fraction of sp³-hybridized carbons (Fsp3) is 0.286. The lowest BCUT2D eigenvalue weighted by Gasteiger charge is -2.04. The molecule has 2 nitrogen and oxygen atoms in total. The molecular weight excluding hydrogens is 284 g/mol. The molecule has 0 aliphatic carbocycles. The Morgan fingerprint density at radius 3 is 1.96 bits per heavy atom. The number of hydrogen-bond acceptors (Lipinski definition) is 1. The summed E-state index contributed by atoms with van der Waals surface area (Å²) in [5, 5.41) is 8.87. The molecule has 0 saturated heterocycles. The van der Waals surface area contributed by atoms with Gasteiger partial charge in [-0.1, -0.05) is 44.2 Å². The quantitative estimate of drug-likeness (QED) is 0.808. The number of hydrogen-bond donors (Lipinski definition) is 1. The molecule has 2 heteroatoms. The molecule has 118 valence electrons. The van der Waals surface area contributed by atoms with Crippen molar-refractivity contribution in [2.75, 3.05) is 0 Å². The SMILES string of the molecule is CC(C)CCCc1ccc(C#Cc2ccc(C(=O)O)cc2)cc1. The van der Waals surface area contributed by atoms with Gasteiger partial charge in [-0.2, -0.15) is 0 Å². The Labute approximate surface area is 138 Å². The van der Waals surface area contributed by atoms with Crippen LogP contribution in [0.2, 0.25) is 0 Å². The maximum Gasteiger partial charge on any atom is 0.335 e. The van der Waals surface area contributed by atoms with Crippen molar-refractivity contribution in [2.24, 2.45) is 5.92 Å². The standard InChI is InChI=1S/C21H22O2/c1-16(2)4-3-5-17-6-8-18(9-7-17)10-11-19-12-14-20(15-13-19)21(22)23/h6-9,12-16H,3-5H2,1-2H3,(H,22,23). The monoisotopic (exact) mass is 306 g/mol. The molecule has 0 aliphatic heterocycles. The minimum atomic E-state index is -0.919. The van der Waals surface area contributed by atoms with E-state index < -0.39 is 5.97 Å². The normalized spacial score (nSPS) is 10.2. The van der Waals surface area contributed by atoms with Crippen LogP contribution in [0.5, 0.6) is 0 Å². The minimum absolute atomic E-state index is 0.279. The molecule has 1 N–H and O–H groups in total. The Morgan fingerprint density at radius 1 is 0.957 bits per heavy atom. The summed E-state index contributed by atoms with van der Waals surface area (Å²) in [5.41, 5.74) is 3.42. The molecule has 0 saturated carbocycles. The Hall–Kier alpha value is -2.53. The zero-order valence-corrected chi connectivity index (χ0v) is 13.7. The van der Waals surface area contributed by atoms with Crippen LogP contribution in [0.25, 0.3) is 0 Å². The number of carbonyl (C=O) groups is 1. The molecule has 0 aromatic heterocycles. The highest BCUT2D eigenvalue weighted by Gasteiger charge is 2.00. The molecule has 23 heavy (non-hydrogen) atoms. The Kier molecular flexibility index (Phi) is 6.00. The largest absolute Gasteiger partial charge is 0.478 e. The van der Waals surface area contributed by atoms with Crippen LogP contribution in [-0.2, 0) is 6.42 Å². The summed E-state index contributed by atoms with van der Waals surface area (Å²) in [4.78, 5) is 10.8. The zero-order chi connectivity index (χ0) is 16.7. The van der Waals surface area contributed by atoms with E-state index in [1.807, 2.05) is 12.1 Å². The number of aromatic carboxylic acids is 1. The second-order valence-electron chi connectivity index (χ2n) is 6.12. The lowest BCUT2D eigenvalue weighted by molar-refractivity contribution is 0.0697. The molecule has 0 unspecified atom stereocenters. The van der Waals surface area contributed by atoms with Gasteiger partial charge in [-0.15, -0.1) is 0 Å². The molecule has 0 bridgehead atoms. The van der Waals surface area contributed by atoms with Gasteiger partial charge in [-0.25, -0.2) is 4.79 Å². The van der Waals surface area contributed by atoms with Crippen LogP contribution in [0.15, 0.2) is 48.5 Å². The summed E-state index contributed by atoms with van der Waals surface area (Å²) < 4.78 is 0. The molecule has 0 amide bonds. The fourth-order valence-corrected chi connectivity index (χ4v) is 2.31. The van der Waals surface area contributed by atoms with E-state index >= 15 is 0 Å². The molecule has 0 heterocycles. The van der Waals surface area contributed by atoms with E-state index in [1.54, 1.807) is 24.3 Å². The second kappa shape index (κ2) is 8.19. The number of rotatable bonds is 5. The fourth-order valence-electron chi connectivity index (χ4n) is 2.31. The molecule has 0 spiro atoms. The summed E-state index contributed by atoms with van der Waals surface area (Å²) >= 11 is 0. The van der Waals surface area contributed by atoms with Crippen LogP contribution >= 0.6 is 0 Å². The summed E-state index contributed by atoms with van der Waals surface area (Å²) in [7, 11) is 0. The van der Waals surface area contributed by atoms with Gasteiger partial charge < -0.3 is 5.11 Å². The van der Waals surface area contributed by atoms with Gasteiger partial charge in [-0.05, 0) is 60.7 Å². The van der Waals surface area contributed by atoms with Crippen LogP contribution in [-0.4, -0.2) is 11.1 Å². The van der Waals surface area contributed by atoms with E-state index in [1.165, 1.54) is 18.4 Å². The Bertz CT molecular complexity index is 698. The van der Waals surface area contributed by atoms with Gasteiger partial charge in [0.15, 0.2) is 0 Å². The van der Waals surface area contributed by atoms with Crippen molar-refractivity contribution in [2.45, 2.75) is 33.1 Å². The highest BCUT2D eigenvalue weighted by molar-refractivity contribution is 5.87. The van der Waals surface area contributed by atoms with Crippen molar-refractivity contribution < 1.29 is 9.90 Å². The minimum Gasteiger partial charge on any atom is -0.478 e. The van der Waals surface area contributed by atoms with E-state index in [4.69, 9.17) is 5.11 Å². The molecule has 0 atom stereocenters. The summed E-state index contributed by atoms with van der Waals surface area (Å²) in [6.45, 7) is 4.50. The average molecular weight is 306 g/mol. The summed E-state index contributed by atoms with van der Waals surface area (Å²) in [6.07, 6.45) is 3.59. The smallest absolute Gasteiger partial charge is 0.335 e. The second-order valence-corrected chi connectivity index (χ2v) is 6.12. The van der Waals surface area contributed by atoms with E-state index in [2.05, 4.69) is 37.8 Å². The average Bonchev–Trinajstić information content (AvgIpc) is 2.54. The van der Waals surface area contributed by atoms with Crippen LogP contribution in [0, 0.1) is 17.8 Å². The first-order chi connectivity index (χ1) is 11.0. The van der Waals surface area contributed by atoms with Crippen molar-refractivity contribution in [1.29, 1.82) is 0 Å². The number of aryl methyl sites for hydroxylation is 1. The van der Waals surface area contributed by atoms with E-state index in [-0.39, 0.29) is 5.56 Å². The lowest BCUT2D eigenvalue weighted by atomic mass is 10.0. The zero-order valence-electron chi connectivity index (χ0n) is 13.7. The lowest BCUT2D eigenvalue weighted by Crippen LogP contribution is -1.94. The summed E-state index contributed by atoms with van der Waals surface area (Å²) in [6, 6.07) is 15.0. The van der Waals surface area contributed by atoms with E-state index in [0.717, 1.165) is 23.5 Å². The molecule has 2 rings (SSSR count). The van der Waals surface area contributed by atoms with Gasteiger partial charge in [0.1, 0.15) is 0 Å².